The molecular formula is C39H35N. The standard InChI is InChI=1S/C39H35N/c1-3-14-31(2)15-12-16-32-25-27-35(28-26-32)38-23-10-11-24-39(38)40(36-20-8-5-9-21-36)37-22-13-19-34(29-30-37)33-17-6-4-7-18-33/h3-15,17-21,23-30H,1,16,22H2,2H3/b15-12-,31-14-. The highest BCUT2D eigenvalue weighted by Gasteiger charge is 2.18. The normalized spacial score (nSPS) is 13.5. The second kappa shape index (κ2) is 13.3. The van der Waals surface area contributed by atoms with Gasteiger partial charge in [0.1, 0.15) is 0 Å². The maximum absolute atomic E-state index is 3.77. The Morgan fingerprint density at radius 1 is 0.775 bits per heavy atom. The summed E-state index contributed by atoms with van der Waals surface area (Å²) in [7, 11) is 0. The van der Waals surface area contributed by atoms with E-state index in [0.717, 1.165) is 18.5 Å². The van der Waals surface area contributed by atoms with Crippen LogP contribution in [0.5, 0.6) is 0 Å². The molecule has 0 aromatic heterocycles. The Morgan fingerprint density at radius 2 is 1.48 bits per heavy atom. The molecule has 0 aliphatic heterocycles. The Bertz CT molecular complexity index is 1580. The molecule has 0 saturated heterocycles. The molecule has 196 valence electrons. The summed E-state index contributed by atoms with van der Waals surface area (Å²) in [6.07, 6.45) is 18.9. The lowest BCUT2D eigenvalue weighted by Crippen LogP contribution is -2.17. The Kier molecular flexibility index (Phi) is 8.86. The molecule has 4 aromatic carbocycles. The molecular weight excluding hydrogens is 482 g/mol. The molecule has 40 heavy (non-hydrogen) atoms. The van der Waals surface area contributed by atoms with E-state index in [4.69, 9.17) is 0 Å². The van der Waals surface area contributed by atoms with Crippen molar-refractivity contribution >= 4 is 16.9 Å². The first-order valence-corrected chi connectivity index (χ1v) is 13.8. The molecule has 1 aliphatic carbocycles. The van der Waals surface area contributed by atoms with E-state index < -0.39 is 0 Å². The summed E-state index contributed by atoms with van der Waals surface area (Å²) in [5.41, 5.74) is 10.9. The highest BCUT2D eigenvalue weighted by Crippen LogP contribution is 2.39. The molecule has 0 spiro atoms. The zero-order valence-electron chi connectivity index (χ0n) is 23.1. The van der Waals surface area contributed by atoms with E-state index in [-0.39, 0.29) is 0 Å². The molecule has 1 aliphatic rings. The van der Waals surface area contributed by atoms with Crippen LogP contribution in [0.4, 0.5) is 11.4 Å². The summed E-state index contributed by atoms with van der Waals surface area (Å²) in [5.74, 6) is 0. The van der Waals surface area contributed by atoms with Gasteiger partial charge in [0, 0.05) is 23.4 Å². The minimum Gasteiger partial charge on any atom is -0.313 e. The summed E-state index contributed by atoms with van der Waals surface area (Å²) in [6, 6.07) is 38.9. The van der Waals surface area contributed by atoms with Crippen molar-refractivity contribution in [3.05, 3.63) is 187 Å². The van der Waals surface area contributed by atoms with Crippen molar-refractivity contribution in [2.45, 2.75) is 19.8 Å². The largest absolute Gasteiger partial charge is 0.313 e. The van der Waals surface area contributed by atoms with E-state index in [1.54, 1.807) is 0 Å². The van der Waals surface area contributed by atoms with Gasteiger partial charge in [0.2, 0.25) is 0 Å². The molecule has 4 aromatic rings. The van der Waals surface area contributed by atoms with Gasteiger partial charge in [-0.25, -0.2) is 0 Å². The van der Waals surface area contributed by atoms with Gasteiger partial charge < -0.3 is 4.90 Å². The van der Waals surface area contributed by atoms with E-state index >= 15 is 0 Å². The second-order valence-corrected chi connectivity index (χ2v) is 9.89. The summed E-state index contributed by atoms with van der Waals surface area (Å²) >= 11 is 0. The van der Waals surface area contributed by atoms with Crippen molar-refractivity contribution in [2.75, 3.05) is 4.90 Å². The van der Waals surface area contributed by atoms with Gasteiger partial charge in [-0.2, -0.15) is 0 Å². The molecule has 0 saturated carbocycles. The number of nitrogens with zero attached hydrogens (tertiary/aromatic N) is 1. The van der Waals surface area contributed by atoms with Crippen molar-refractivity contribution in [3.8, 4) is 11.1 Å². The monoisotopic (exact) mass is 517 g/mol. The number of benzene rings is 4. The molecule has 0 bridgehead atoms. The summed E-state index contributed by atoms with van der Waals surface area (Å²) in [4.78, 5) is 2.40. The topological polar surface area (TPSA) is 3.24 Å². The first-order chi connectivity index (χ1) is 19.7. The predicted molar refractivity (Wildman–Crippen MR) is 174 cm³/mol. The zero-order chi connectivity index (χ0) is 27.6. The molecule has 1 heteroatoms. The van der Waals surface area contributed by atoms with Crippen molar-refractivity contribution in [1.82, 2.24) is 0 Å². The van der Waals surface area contributed by atoms with E-state index in [2.05, 4.69) is 164 Å². The van der Waals surface area contributed by atoms with E-state index in [9.17, 15) is 0 Å². The van der Waals surface area contributed by atoms with Crippen LogP contribution in [0.2, 0.25) is 0 Å². The maximum Gasteiger partial charge on any atom is 0.0536 e. The number of para-hydroxylation sites is 2. The lowest BCUT2D eigenvalue weighted by atomic mass is 9.99. The SMILES string of the molecule is C=C/C=C(C)\C=C/Cc1ccc(-c2ccccc2N(C2=CC=C(c3ccccc3)C=CC2)c2ccccc2)cc1. The van der Waals surface area contributed by atoms with Gasteiger partial charge in [-0.15, -0.1) is 0 Å². The van der Waals surface area contributed by atoms with Crippen LogP contribution in [0.3, 0.4) is 0 Å². The molecule has 0 radical (unpaired) electrons. The fourth-order valence-corrected chi connectivity index (χ4v) is 5.00. The number of hydrogen-bond acceptors (Lipinski definition) is 1. The van der Waals surface area contributed by atoms with Crippen LogP contribution < -0.4 is 4.90 Å². The fourth-order valence-electron chi connectivity index (χ4n) is 5.00. The smallest absolute Gasteiger partial charge is 0.0536 e. The van der Waals surface area contributed by atoms with Crippen LogP contribution in [0.15, 0.2) is 176 Å². The van der Waals surface area contributed by atoms with Crippen molar-refractivity contribution < 1.29 is 0 Å². The average molecular weight is 518 g/mol. The Morgan fingerprint density at radius 3 is 2.23 bits per heavy atom. The second-order valence-electron chi connectivity index (χ2n) is 9.89. The van der Waals surface area contributed by atoms with Crippen LogP contribution in [-0.4, -0.2) is 0 Å². The molecule has 5 rings (SSSR count). The Balaban J connectivity index is 1.50. The third-order valence-corrected chi connectivity index (χ3v) is 7.01. The molecule has 0 amide bonds. The Hall–Kier alpha value is -4.88. The lowest BCUT2D eigenvalue weighted by molar-refractivity contribution is 1.08. The first kappa shape index (κ1) is 26.7. The molecule has 0 heterocycles. The minimum atomic E-state index is 0.834. The van der Waals surface area contributed by atoms with Gasteiger partial charge in [-0.3, -0.25) is 0 Å². The minimum absolute atomic E-state index is 0.834. The Labute approximate surface area is 239 Å². The van der Waals surface area contributed by atoms with Crippen LogP contribution in [0, 0.1) is 0 Å². The highest BCUT2D eigenvalue weighted by molar-refractivity contribution is 5.85. The number of rotatable bonds is 9. The molecule has 1 nitrogen and oxygen atoms in total. The van der Waals surface area contributed by atoms with Gasteiger partial charge in [0.25, 0.3) is 0 Å². The number of anilines is 2. The van der Waals surface area contributed by atoms with Gasteiger partial charge in [-0.05, 0) is 59.9 Å². The van der Waals surface area contributed by atoms with Crippen molar-refractivity contribution in [1.29, 1.82) is 0 Å². The van der Waals surface area contributed by atoms with E-state index in [1.807, 2.05) is 12.2 Å². The third kappa shape index (κ3) is 6.57. The van der Waals surface area contributed by atoms with Crippen molar-refractivity contribution in [3.63, 3.8) is 0 Å². The maximum atomic E-state index is 3.77. The number of hydrogen-bond donors (Lipinski definition) is 0. The van der Waals surface area contributed by atoms with Crippen LogP contribution in [0.1, 0.15) is 24.5 Å². The number of allylic oxidation sites excluding steroid dienone is 10. The van der Waals surface area contributed by atoms with E-state index in [0.29, 0.717) is 0 Å². The average Bonchev–Trinajstić information content (AvgIpc) is 3.26. The van der Waals surface area contributed by atoms with Gasteiger partial charge in [0.05, 0.1) is 5.69 Å². The third-order valence-electron chi connectivity index (χ3n) is 7.01. The highest BCUT2D eigenvalue weighted by atomic mass is 15.1. The quantitative estimate of drug-likeness (QED) is 0.200. The first-order valence-electron chi connectivity index (χ1n) is 13.8. The van der Waals surface area contributed by atoms with Crippen LogP contribution in [0.25, 0.3) is 16.7 Å². The fraction of sp³-hybridized carbons (Fsp3) is 0.0769. The van der Waals surface area contributed by atoms with Gasteiger partial charge >= 0.3 is 0 Å². The molecule has 0 atom stereocenters. The lowest BCUT2D eigenvalue weighted by Gasteiger charge is -2.29. The molecule has 0 N–H and O–H groups in total. The van der Waals surface area contributed by atoms with Crippen molar-refractivity contribution in [2.24, 2.45) is 0 Å². The predicted octanol–water partition coefficient (Wildman–Crippen LogP) is 10.7. The van der Waals surface area contributed by atoms with Gasteiger partial charge in [0.15, 0.2) is 0 Å². The van der Waals surface area contributed by atoms with Gasteiger partial charge in [-0.1, -0.05) is 146 Å². The molecule has 0 unspecified atom stereocenters. The molecule has 0 fully saturated rings. The summed E-state index contributed by atoms with van der Waals surface area (Å²) in [6.45, 7) is 5.86. The van der Waals surface area contributed by atoms with Crippen LogP contribution in [-0.2, 0) is 6.42 Å². The zero-order valence-corrected chi connectivity index (χ0v) is 23.1. The van der Waals surface area contributed by atoms with Crippen LogP contribution >= 0.6 is 0 Å². The van der Waals surface area contributed by atoms with E-state index in [1.165, 1.54) is 44.8 Å². The summed E-state index contributed by atoms with van der Waals surface area (Å²) < 4.78 is 0. The summed E-state index contributed by atoms with van der Waals surface area (Å²) in [5, 5.41) is 0.